The van der Waals surface area contributed by atoms with Crippen LogP contribution in [0.1, 0.15) is 36.4 Å². The van der Waals surface area contributed by atoms with E-state index in [1.54, 1.807) is 7.11 Å². The van der Waals surface area contributed by atoms with Gasteiger partial charge in [0.15, 0.2) is 0 Å². The number of methoxy groups -OCH3 is 1. The summed E-state index contributed by atoms with van der Waals surface area (Å²) in [5.41, 5.74) is 2.53. The lowest BCUT2D eigenvalue weighted by Crippen LogP contribution is -2.25. The van der Waals surface area contributed by atoms with Crippen LogP contribution in [-0.2, 0) is 0 Å². The van der Waals surface area contributed by atoms with Gasteiger partial charge in [0.25, 0.3) is 0 Å². The van der Waals surface area contributed by atoms with Crippen LogP contribution in [0.5, 0.6) is 5.75 Å². The maximum Gasteiger partial charge on any atom is 0.123 e. The van der Waals surface area contributed by atoms with Crippen LogP contribution in [0.2, 0.25) is 0 Å². The van der Waals surface area contributed by atoms with Crippen molar-refractivity contribution in [1.82, 2.24) is 5.32 Å². The molecule has 19 heavy (non-hydrogen) atoms. The van der Waals surface area contributed by atoms with E-state index in [1.807, 2.05) is 0 Å². The average Bonchev–Trinajstić information content (AvgIpc) is 3.01. The summed E-state index contributed by atoms with van der Waals surface area (Å²) in [5, 5.41) is 3.52. The van der Waals surface area contributed by atoms with Gasteiger partial charge in [-0.25, -0.2) is 0 Å². The Kier molecular flexibility index (Phi) is 3.61. The summed E-state index contributed by atoms with van der Waals surface area (Å²) in [5.74, 6) is 3.80. The van der Waals surface area contributed by atoms with Gasteiger partial charge in [0.1, 0.15) is 5.75 Å². The van der Waals surface area contributed by atoms with Crippen molar-refractivity contribution in [2.24, 2.45) is 17.8 Å². The molecule has 2 fully saturated rings. The summed E-state index contributed by atoms with van der Waals surface area (Å²) in [7, 11) is 3.84. The molecule has 3 rings (SSSR count). The van der Waals surface area contributed by atoms with E-state index in [9.17, 15) is 0 Å². The number of hydrogen-bond donors (Lipinski definition) is 1. The zero-order valence-corrected chi connectivity index (χ0v) is 13.5. The highest BCUT2D eigenvalue weighted by atomic mass is 79.9. The Hall–Kier alpha value is -0.540. The molecule has 0 spiro atoms. The molecule has 2 aliphatic rings. The smallest absolute Gasteiger partial charge is 0.123 e. The van der Waals surface area contributed by atoms with Gasteiger partial charge in [0, 0.05) is 16.1 Å². The quantitative estimate of drug-likeness (QED) is 0.901. The Balaban J connectivity index is 1.91. The van der Waals surface area contributed by atoms with Gasteiger partial charge in [-0.1, -0.05) is 15.9 Å². The van der Waals surface area contributed by atoms with Gasteiger partial charge in [-0.3, -0.25) is 0 Å². The largest absolute Gasteiger partial charge is 0.496 e. The first kappa shape index (κ1) is 13.4. The van der Waals surface area contributed by atoms with E-state index in [-0.39, 0.29) is 0 Å². The minimum atomic E-state index is 0.416. The maximum absolute atomic E-state index is 5.60. The number of hydrogen-bond acceptors (Lipinski definition) is 2. The van der Waals surface area contributed by atoms with E-state index in [2.05, 4.69) is 47.4 Å². The second-order valence-corrected chi connectivity index (χ2v) is 6.95. The summed E-state index contributed by atoms with van der Waals surface area (Å²) < 4.78 is 6.77. The highest BCUT2D eigenvalue weighted by molar-refractivity contribution is 9.10. The fourth-order valence-corrected chi connectivity index (χ4v) is 4.13. The number of nitrogens with one attached hydrogen (secondary N) is 1. The van der Waals surface area contributed by atoms with Crippen LogP contribution in [0.25, 0.3) is 0 Å². The molecule has 2 nitrogen and oxygen atoms in total. The van der Waals surface area contributed by atoms with Crippen LogP contribution in [-0.4, -0.2) is 14.2 Å². The predicted molar refractivity (Wildman–Crippen MR) is 81.6 cm³/mol. The molecule has 104 valence electrons. The molecule has 2 aliphatic carbocycles. The summed E-state index contributed by atoms with van der Waals surface area (Å²) in [4.78, 5) is 0. The van der Waals surface area contributed by atoms with E-state index in [4.69, 9.17) is 4.74 Å². The molecule has 0 bridgehead atoms. The topological polar surface area (TPSA) is 21.3 Å². The van der Waals surface area contributed by atoms with Crippen molar-refractivity contribution in [3.8, 4) is 5.75 Å². The van der Waals surface area contributed by atoms with Crippen molar-refractivity contribution in [2.75, 3.05) is 14.2 Å². The lowest BCUT2D eigenvalue weighted by molar-refractivity contribution is 0.340. The second-order valence-electron chi connectivity index (χ2n) is 6.10. The standard InChI is InChI=1S/C16H22BrNO/c1-9-4-15(19-3)13(8-14(9)17)16(18-2)12-6-10-5-11(10)7-12/h4,8,10-12,16,18H,5-7H2,1-3H3. The summed E-state index contributed by atoms with van der Waals surface area (Å²) >= 11 is 3.65. The summed E-state index contributed by atoms with van der Waals surface area (Å²) in [6.07, 6.45) is 4.23. The normalized spacial score (nSPS) is 30.0. The third kappa shape index (κ3) is 2.43. The number of benzene rings is 1. The Morgan fingerprint density at radius 3 is 2.53 bits per heavy atom. The van der Waals surface area contributed by atoms with Crippen LogP contribution in [0.4, 0.5) is 0 Å². The van der Waals surface area contributed by atoms with Gasteiger partial charge in [-0.15, -0.1) is 0 Å². The van der Waals surface area contributed by atoms with Crippen molar-refractivity contribution in [1.29, 1.82) is 0 Å². The number of halogens is 1. The summed E-state index contributed by atoms with van der Waals surface area (Å²) in [6, 6.07) is 4.79. The monoisotopic (exact) mass is 323 g/mol. The summed E-state index contributed by atoms with van der Waals surface area (Å²) in [6.45, 7) is 2.11. The minimum Gasteiger partial charge on any atom is -0.496 e. The van der Waals surface area contributed by atoms with Crippen LogP contribution in [0.3, 0.4) is 0 Å². The molecule has 0 amide bonds. The molecule has 1 N–H and O–H groups in total. The highest BCUT2D eigenvalue weighted by Gasteiger charge is 2.48. The Bertz CT molecular complexity index is 478. The third-order valence-corrected chi connectivity index (χ3v) is 5.76. The molecule has 3 atom stereocenters. The zero-order chi connectivity index (χ0) is 13.6. The fourth-order valence-electron chi connectivity index (χ4n) is 3.77. The lowest BCUT2D eigenvalue weighted by atomic mass is 9.88. The molecule has 0 heterocycles. The maximum atomic E-state index is 5.60. The van der Waals surface area contributed by atoms with Crippen molar-refractivity contribution in [2.45, 2.75) is 32.2 Å². The lowest BCUT2D eigenvalue weighted by Gasteiger charge is -2.27. The molecule has 0 radical (unpaired) electrons. The Labute approximate surface area is 124 Å². The first-order valence-corrected chi connectivity index (χ1v) is 7.94. The van der Waals surface area contributed by atoms with Gasteiger partial charge in [-0.05, 0) is 68.7 Å². The first-order chi connectivity index (χ1) is 9.13. The van der Waals surface area contributed by atoms with Crippen molar-refractivity contribution >= 4 is 15.9 Å². The molecular formula is C16H22BrNO. The van der Waals surface area contributed by atoms with Gasteiger partial charge < -0.3 is 10.1 Å². The average molecular weight is 324 g/mol. The molecular weight excluding hydrogens is 302 g/mol. The Morgan fingerprint density at radius 1 is 1.26 bits per heavy atom. The first-order valence-electron chi connectivity index (χ1n) is 7.15. The molecule has 1 aromatic rings. The van der Waals surface area contributed by atoms with Crippen LogP contribution < -0.4 is 10.1 Å². The fraction of sp³-hybridized carbons (Fsp3) is 0.625. The van der Waals surface area contributed by atoms with E-state index in [0.29, 0.717) is 6.04 Å². The molecule has 0 aromatic heterocycles. The van der Waals surface area contributed by atoms with Gasteiger partial charge in [0.2, 0.25) is 0 Å². The van der Waals surface area contributed by atoms with Crippen LogP contribution >= 0.6 is 15.9 Å². The van der Waals surface area contributed by atoms with Crippen LogP contribution in [0, 0.1) is 24.7 Å². The molecule has 2 saturated carbocycles. The molecule has 1 aromatic carbocycles. The van der Waals surface area contributed by atoms with E-state index < -0.39 is 0 Å². The van der Waals surface area contributed by atoms with E-state index >= 15 is 0 Å². The van der Waals surface area contributed by atoms with Crippen molar-refractivity contribution < 1.29 is 4.74 Å². The predicted octanol–water partition coefficient (Wildman–Crippen LogP) is 4.07. The van der Waals surface area contributed by atoms with Gasteiger partial charge in [-0.2, -0.15) is 0 Å². The third-order valence-electron chi connectivity index (χ3n) is 4.91. The second kappa shape index (κ2) is 5.10. The van der Waals surface area contributed by atoms with E-state index in [1.165, 1.54) is 34.9 Å². The number of rotatable bonds is 4. The molecule has 3 unspecified atom stereocenters. The number of fused-ring (bicyclic) bond motifs is 1. The van der Waals surface area contributed by atoms with Gasteiger partial charge in [0.05, 0.1) is 7.11 Å². The number of ether oxygens (including phenoxy) is 1. The van der Waals surface area contributed by atoms with Crippen LogP contribution in [0.15, 0.2) is 16.6 Å². The minimum absolute atomic E-state index is 0.416. The van der Waals surface area contributed by atoms with Crippen molar-refractivity contribution in [3.05, 3.63) is 27.7 Å². The molecule has 3 heteroatoms. The number of aryl methyl sites for hydroxylation is 1. The van der Waals surface area contributed by atoms with E-state index in [0.717, 1.165) is 23.5 Å². The van der Waals surface area contributed by atoms with Crippen molar-refractivity contribution in [3.63, 3.8) is 0 Å². The molecule has 0 saturated heterocycles. The Morgan fingerprint density at radius 2 is 1.95 bits per heavy atom. The zero-order valence-electron chi connectivity index (χ0n) is 11.9. The SMILES string of the molecule is CNC(c1cc(Br)c(C)cc1OC)C1CC2CC2C1. The molecule has 0 aliphatic heterocycles. The highest BCUT2D eigenvalue weighted by Crippen LogP contribution is 2.57. The van der Waals surface area contributed by atoms with Gasteiger partial charge >= 0.3 is 0 Å².